The van der Waals surface area contributed by atoms with E-state index in [9.17, 15) is 18.0 Å². The van der Waals surface area contributed by atoms with Crippen LogP contribution in [0.3, 0.4) is 0 Å². The minimum atomic E-state index is -4.36. The lowest BCUT2D eigenvalue weighted by Crippen LogP contribution is -2.12. The highest BCUT2D eigenvalue weighted by Gasteiger charge is 2.29. The van der Waals surface area contributed by atoms with Gasteiger partial charge >= 0.3 is 12.1 Å². The second-order valence-corrected chi connectivity index (χ2v) is 4.88. The molecule has 0 heterocycles. The molecule has 0 aromatic heterocycles. The minimum absolute atomic E-state index is 0.181. The van der Waals surface area contributed by atoms with Crippen LogP contribution in [0.15, 0.2) is 53.6 Å². The van der Waals surface area contributed by atoms with Gasteiger partial charge in [0.1, 0.15) is 5.75 Å². The molecule has 5 nitrogen and oxygen atoms in total. The van der Waals surface area contributed by atoms with Gasteiger partial charge in [0.15, 0.2) is 6.61 Å². The lowest BCUT2D eigenvalue weighted by molar-refractivity contribution is -0.143. The van der Waals surface area contributed by atoms with Crippen LogP contribution in [0.2, 0.25) is 0 Å². The summed E-state index contributed by atoms with van der Waals surface area (Å²) >= 11 is 0. The number of benzene rings is 2. The third-order valence-corrected chi connectivity index (χ3v) is 3.08. The zero-order valence-corrected chi connectivity index (χ0v) is 13.2. The molecular formula is C17H15F3N2O3. The van der Waals surface area contributed by atoms with E-state index in [0.717, 1.165) is 17.7 Å². The van der Waals surface area contributed by atoms with E-state index in [0.29, 0.717) is 11.4 Å². The zero-order valence-electron chi connectivity index (χ0n) is 13.2. The molecule has 2 aromatic carbocycles. The van der Waals surface area contributed by atoms with Crippen molar-refractivity contribution in [3.63, 3.8) is 0 Å². The summed E-state index contributed by atoms with van der Waals surface area (Å²) in [6, 6.07) is 11.3. The maximum absolute atomic E-state index is 12.5. The summed E-state index contributed by atoms with van der Waals surface area (Å²) in [6.45, 7) is -0.181. The highest BCUT2D eigenvalue weighted by molar-refractivity contribution is 5.80. The van der Waals surface area contributed by atoms with Gasteiger partial charge in [0.25, 0.3) is 0 Å². The number of hydrogen-bond acceptors (Lipinski definition) is 5. The fraction of sp³-hybridized carbons (Fsp3) is 0.176. The Kier molecular flexibility index (Phi) is 5.99. The number of ether oxygens (including phenoxy) is 2. The summed E-state index contributed by atoms with van der Waals surface area (Å²) in [5, 5.41) is 3.95. The number of halogens is 3. The maximum Gasteiger partial charge on any atom is 0.416 e. The molecule has 0 bridgehead atoms. The van der Waals surface area contributed by atoms with E-state index in [2.05, 4.69) is 15.3 Å². The van der Waals surface area contributed by atoms with Gasteiger partial charge in [-0.2, -0.15) is 18.3 Å². The van der Waals surface area contributed by atoms with Crippen molar-refractivity contribution in [2.24, 2.45) is 5.10 Å². The Morgan fingerprint density at radius 2 is 1.76 bits per heavy atom. The Balaban J connectivity index is 1.88. The number of hydrogen-bond donors (Lipinski definition) is 1. The number of nitrogens with zero attached hydrogens (tertiary/aromatic N) is 1. The Hall–Kier alpha value is -3.03. The molecule has 8 heteroatoms. The highest BCUT2D eigenvalue weighted by atomic mass is 19.4. The Labute approximate surface area is 142 Å². The molecule has 2 aromatic rings. The number of nitrogens with one attached hydrogen (secondary N) is 1. The topological polar surface area (TPSA) is 59.9 Å². The van der Waals surface area contributed by atoms with E-state index >= 15 is 0 Å². The highest BCUT2D eigenvalue weighted by Crippen LogP contribution is 2.29. The minimum Gasteiger partial charge on any atom is -0.482 e. The van der Waals surface area contributed by atoms with Crippen LogP contribution in [-0.2, 0) is 15.7 Å². The Bertz CT molecular complexity index is 726. The summed E-state index contributed by atoms with van der Waals surface area (Å²) in [6.07, 6.45) is -2.86. The van der Waals surface area contributed by atoms with E-state index in [-0.39, 0.29) is 6.61 Å². The van der Waals surface area contributed by atoms with E-state index in [1.54, 1.807) is 24.3 Å². The molecule has 0 spiro atoms. The molecule has 2 rings (SSSR count). The summed E-state index contributed by atoms with van der Waals surface area (Å²) in [4.78, 5) is 11.0. The molecule has 25 heavy (non-hydrogen) atoms. The van der Waals surface area contributed by atoms with Gasteiger partial charge in [-0.3, -0.25) is 5.43 Å². The number of carbonyl (C=O) groups excluding carboxylic acids is 1. The largest absolute Gasteiger partial charge is 0.482 e. The van der Waals surface area contributed by atoms with Gasteiger partial charge in [0, 0.05) is 0 Å². The van der Waals surface area contributed by atoms with Crippen LogP contribution in [-0.4, -0.2) is 25.9 Å². The van der Waals surface area contributed by atoms with Crippen molar-refractivity contribution in [3.05, 3.63) is 59.7 Å². The number of esters is 1. The first kappa shape index (κ1) is 18.3. The fourth-order valence-corrected chi connectivity index (χ4v) is 1.77. The Morgan fingerprint density at radius 3 is 2.32 bits per heavy atom. The van der Waals surface area contributed by atoms with E-state index in [1.807, 2.05) is 0 Å². The molecular weight excluding hydrogens is 337 g/mol. The smallest absolute Gasteiger partial charge is 0.416 e. The average Bonchev–Trinajstić information content (AvgIpc) is 2.60. The van der Waals surface area contributed by atoms with Gasteiger partial charge in [0.2, 0.25) is 0 Å². The van der Waals surface area contributed by atoms with Crippen molar-refractivity contribution in [2.45, 2.75) is 6.18 Å². The second-order valence-electron chi connectivity index (χ2n) is 4.88. The normalized spacial score (nSPS) is 11.4. The predicted molar refractivity (Wildman–Crippen MR) is 86.6 cm³/mol. The second kappa shape index (κ2) is 8.18. The van der Waals surface area contributed by atoms with Crippen LogP contribution >= 0.6 is 0 Å². The van der Waals surface area contributed by atoms with Crippen LogP contribution < -0.4 is 10.2 Å². The lowest BCUT2D eigenvalue weighted by atomic mass is 10.2. The first-order chi connectivity index (χ1) is 11.9. The molecule has 0 unspecified atom stereocenters. The number of rotatable bonds is 6. The van der Waals surface area contributed by atoms with E-state index < -0.39 is 17.7 Å². The predicted octanol–water partition coefficient (Wildman–Crippen LogP) is 3.70. The first-order valence-electron chi connectivity index (χ1n) is 7.14. The Morgan fingerprint density at radius 1 is 1.12 bits per heavy atom. The lowest BCUT2D eigenvalue weighted by Gasteiger charge is -2.07. The molecule has 0 saturated carbocycles. The molecule has 0 radical (unpaired) electrons. The van der Waals surface area contributed by atoms with Gasteiger partial charge in [-0.15, -0.1) is 0 Å². The molecule has 0 aliphatic carbocycles. The van der Waals surface area contributed by atoms with Gasteiger partial charge < -0.3 is 9.47 Å². The van der Waals surface area contributed by atoms with Crippen molar-refractivity contribution in [2.75, 3.05) is 19.1 Å². The van der Waals surface area contributed by atoms with Crippen molar-refractivity contribution in [3.8, 4) is 5.75 Å². The summed E-state index contributed by atoms with van der Waals surface area (Å²) in [5.41, 5.74) is 3.10. The van der Waals surface area contributed by atoms with Gasteiger partial charge in [-0.05, 0) is 54.1 Å². The van der Waals surface area contributed by atoms with Crippen molar-refractivity contribution >= 4 is 17.9 Å². The zero-order chi connectivity index (χ0) is 18.3. The van der Waals surface area contributed by atoms with Crippen molar-refractivity contribution in [1.29, 1.82) is 0 Å². The van der Waals surface area contributed by atoms with E-state index in [1.165, 1.54) is 25.5 Å². The molecule has 132 valence electrons. The molecule has 0 amide bonds. The summed E-state index contributed by atoms with van der Waals surface area (Å²) in [5.74, 6) is 0.0182. The van der Waals surface area contributed by atoms with Crippen LogP contribution in [0.25, 0.3) is 0 Å². The number of alkyl halides is 3. The standard InChI is InChI=1S/C17H15F3N2O3/c1-24-16(23)11-25-15-8-2-12(3-9-15)10-21-22-14-6-4-13(5-7-14)17(18,19)20/h2-10,22H,11H2,1H3/b21-10+. The number of carbonyl (C=O) groups is 1. The number of hydrazone groups is 1. The quantitative estimate of drug-likeness (QED) is 0.489. The maximum atomic E-state index is 12.5. The van der Waals surface area contributed by atoms with Gasteiger partial charge in [-0.25, -0.2) is 4.79 Å². The molecule has 0 aliphatic heterocycles. The summed E-state index contributed by atoms with van der Waals surface area (Å²) in [7, 11) is 1.27. The fourth-order valence-electron chi connectivity index (χ4n) is 1.77. The third kappa shape index (κ3) is 5.83. The molecule has 0 aliphatic rings. The molecule has 0 fully saturated rings. The van der Waals surface area contributed by atoms with Crippen molar-refractivity contribution < 1.29 is 27.4 Å². The van der Waals surface area contributed by atoms with Gasteiger partial charge in [0.05, 0.1) is 24.6 Å². The third-order valence-electron chi connectivity index (χ3n) is 3.08. The molecule has 1 N–H and O–H groups in total. The van der Waals surface area contributed by atoms with E-state index in [4.69, 9.17) is 4.74 Å². The molecule has 0 atom stereocenters. The average molecular weight is 352 g/mol. The van der Waals surface area contributed by atoms with Crippen molar-refractivity contribution in [1.82, 2.24) is 0 Å². The number of anilines is 1. The SMILES string of the molecule is COC(=O)COc1ccc(/C=N/Nc2ccc(C(F)(F)F)cc2)cc1. The summed E-state index contributed by atoms with van der Waals surface area (Å²) < 4.78 is 47.0. The first-order valence-corrected chi connectivity index (χ1v) is 7.14. The van der Waals surface area contributed by atoms with Crippen LogP contribution in [0.4, 0.5) is 18.9 Å². The monoisotopic (exact) mass is 352 g/mol. The van der Waals surface area contributed by atoms with Crippen LogP contribution in [0.5, 0.6) is 5.75 Å². The number of methoxy groups -OCH3 is 1. The van der Waals surface area contributed by atoms with Crippen LogP contribution in [0.1, 0.15) is 11.1 Å². The van der Waals surface area contributed by atoms with Crippen LogP contribution in [0, 0.1) is 0 Å². The van der Waals surface area contributed by atoms with Gasteiger partial charge in [-0.1, -0.05) is 0 Å². The molecule has 0 saturated heterocycles.